The third-order valence-electron chi connectivity index (χ3n) is 4.54. The summed E-state index contributed by atoms with van der Waals surface area (Å²) in [5.74, 6) is 1.61. The first-order valence-corrected chi connectivity index (χ1v) is 8.03. The molecule has 118 valence electrons. The molecular formula is C18H20N4O. The Balaban J connectivity index is 1.74. The summed E-state index contributed by atoms with van der Waals surface area (Å²) in [6.07, 6.45) is 3.41. The number of nitrogens with zero attached hydrogens (tertiary/aromatic N) is 4. The predicted molar refractivity (Wildman–Crippen MR) is 91.4 cm³/mol. The van der Waals surface area contributed by atoms with Crippen molar-refractivity contribution >= 4 is 16.7 Å². The molecular weight excluding hydrogens is 288 g/mol. The van der Waals surface area contributed by atoms with Crippen LogP contribution in [0.2, 0.25) is 0 Å². The fourth-order valence-corrected chi connectivity index (χ4v) is 3.31. The topological polar surface area (TPSA) is 54.2 Å². The number of anilines is 1. The fraction of sp³-hybridized carbons (Fsp3) is 0.333. The van der Waals surface area contributed by atoms with Gasteiger partial charge in [-0.1, -0.05) is 18.2 Å². The monoisotopic (exact) mass is 308 g/mol. The van der Waals surface area contributed by atoms with Crippen LogP contribution in [0, 0.1) is 0 Å². The van der Waals surface area contributed by atoms with Gasteiger partial charge in [0.2, 0.25) is 0 Å². The fourth-order valence-electron chi connectivity index (χ4n) is 3.31. The molecule has 1 aliphatic rings. The molecule has 3 heterocycles. The summed E-state index contributed by atoms with van der Waals surface area (Å²) in [5, 5.41) is 11.1. The van der Waals surface area contributed by atoms with Gasteiger partial charge in [0.05, 0.1) is 11.8 Å². The molecule has 1 unspecified atom stereocenters. The Labute approximate surface area is 135 Å². The largest absolute Gasteiger partial charge is 0.391 e. The number of para-hydroxylation sites is 1. The third-order valence-corrected chi connectivity index (χ3v) is 4.54. The minimum absolute atomic E-state index is 0.264. The number of benzene rings is 1. The Bertz CT molecular complexity index is 842. The molecule has 1 aromatic carbocycles. The molecule has 3 aromatic rings. The van der Waals surface area contributed by atoms with Crippen molar-refractivity contribution in [3.8, 4) is 11.5 Å². The van der Waals surface area contributed by atoms with Gasteiger partial charge in [0.1, 0.15) is 5.82 Å². The Morgan fingerprint density at radius 3 is 2.91 bits per heavy atom. The lowest BCUT2D eigenvalue weighted by atomic mass is 10.1. The first-order valence-electron chi connectivity index (χ1n) is 8.03. The van der Waals surface area contributed by atoms with E-state index in [4.69, 9.17) is 4.98 Å². The van der Waals surface area contributed by atoms with Crippen LogP contribution in [0.15, 0.2) is 42.6 Å². The average Bonchev–Trinajstić information content (AvgIpc) is 2.92. The van der Waals surface area contributed by atoms with Crippen molar-refractivity contribution in [1.29, 1.82) is 0 Å². The van der Waals surface area contributed by atoms with Crippen LogP contribution in [0.3, 0.4) is 0 Å². The zero-order valence-corrected chi connectivity index (χ0v) is 13.2. The quantitative estimate of drug-likeness (QED) is 0.790. The first-order chi connectivity index (χ1) is 11.2. The lowest BCUT2D eigenvalue weighted by molar-refractivity contribution is 0.154. The summed E-state index contributed by atoms with van der Waals surface area (Å²) in [4.78, 5) is 11.3. The highest BCUT2D eigenvalue weighted by molar-refractivity contribution is 5.85. The highest BCUT2D eigenvalue weighted by Crippen LogP contribution is 2.26. The van der Waals surface area contributed by atoms with E-state index < -0.39 is 0 Å². The number of fused-ring (bicyclic) bond motifs is 1. The van der Waals surface area contributed by atoms with E-state index in [0.717, 1.165) is 36.7 Å². The maximum atomic E-state index is 9.88. The molecule has 2 aromatic heterocycles. The van der Waals surface area contributed by atoms with E-state index in [1.54, 1.807) is 6.20 Å². The SMILES string of the molecule is Cn1c(-c2nccc(N3CCCC(O)C3)n2)cc2ccccc21. The number of aromatic nitrogens is 3. The second-order valence-electron chi connectivity index (χ2n) is 6.13. The third kappa shape index (κ3) is 2.57. The number of aryl methyl sites for hydroxylation is 1. The maximum Gasteiger partial charge on any atom is 0.178 e. The molecule has 1 N–H and O–H groups in total. The standard InChI is InChI=1S/C18H20N4O/c1-21-15-7-3-2-5-13(15)11-16(21)18-19-9-8-17(20-18)22-10-4-6-14(23)12-22/h2-3,5,7-9,11,14,23H,4,6,10,12H2,1H3. The van der Waals surface area contributed by atoms with Gasteiger partial charge in [-0.2, -0.15) is 0 Å². The summed E-state index contributed by atoms with van der Waals surface area (Å²) in [5.41, 5.74) is 2.18. The zero-order valence-electron chi connectivity index (χ0n) is 13.2. The highest BCUT2D eigenvalue weighted by Gasteiger charge is 2.20. The minimum atomic E-state index is -0.264. The molecule has 1 fully saturated rings. The van der Waals surface area contributed by atoms with E-state index in [1.165, 1.54) is 10.9 Å². The number of rotatable bonds is 2. The van der Waals surface area contributed by atoms with Crippen LogP contribution in [0.1, 0.15) is 12.8 Å². The van der Waals surface area contributed by atoms with E-state index in [0.29, 0.717) is 6.54 Å². The predicted octanol–water partition coefficient (Wildman–Crippen LogP) is 2.60. The van der Waals surface area contributed by atoms with Gasteiger partial charge in [0, 0.05) is 37.2 Å². The molecule has 0 radical (unpaired) electrons. The summed E-state index contributed by atoms with van der Waals surface area (Å²) in [6, 6.07) is 12.3. The van der Waals surface area contributed by atoms with Crippen molar-refractivity contribution in [3.05, 3.63) is 42.6 Å². The summed E-state index contributed by atoms with van der Waals surface area (Å²) in [7, 11) is 2.04. The minimum Gasteiger partial charge on any atom is -0.391 e. The van der Waals surface area contributed by atoms with Crippen molar-refractivity contribution in [2.45, 2.75) is 18.9 Å². The van der Waals surface area contributed by atoms with Crippen molar-refractivity contribution < 1.29 is 5.11 Å². The van der Waals surface area contributed by atoms with Gasteiger partial charge in [-0.3, -0.25) is 0 Å². The van der Waals surface area contributed by atoms with Crippen LogP contribution in [-0.2, 0) is 7.05 Å². The van der Waals surface area contributed by atoms with Crippen LogP contribution in [0.5, 0.6) is 0 Å². The zero-order chi connectivity index (χ0) is 15.8. The lowest BCUT2D eigenvalue weighted by Gasteiger charge is -2.31. The van der Waals surface area contributed by atoms with E-state index in [-0.39, 0.29) is 6.10 Å². The van der Waals surface area contributed by atoms with Crippen LogP contribution in [0.4, 0.5) is 5.82 Å². The van der Waals surface area contributed by atoms with Gasteiger partial charge in [-0.25, -0.2) is 9.97 Å². The molecule has 0 saturated carbocycles. The summed E-state index contributed by atoms with van der Waals surface area (Å²) in [6.45, 7) is 1.58. The van der Waals surface area contributed by atoms with Gasteiger partial charge in [-0.15, -0.1) is 0 Å². The first kappa shape index (κ1) is 14.2. The van der Waals surface area contributed by atoms with Crippen LogP contribution < -0.4 is 4.90 Å². The van der Waals surface area contributed by atoms with Crippen molar-refractivity contribution in [1.82, 2.24) is 14.5 Å². The molecule has 5 nitrogen and oxygen atoms in total. The Morgan fingerprint density at radius 1 is 1.22 bits per heavy atom. The smallest absolute Gasteiger partial charge is 0.178 e. The summed E-state index contributed by atoms with van der Waals surface area (Å²) >= 11 is 0. The molecule has 4 rings (SSSR count). The van der Waals surface area contributed by atoms with E-state index in [1.807, 2.05) is 25.2 Å². The Hall–Kier alpha value is -2.40. The molecule has 5 heteroatoms. The van der Waals surface area contributed by atoms with Crippen molar-refractivity contribution in [2.75, 3.05) is 18.0 Å². The number of aliphatic hydroxyl groups is 1. The molecule has 1 saturated heterocycles. The molecule has 0 bridgehead atoms. The molecule has 0 amide bonds. The van der Waals surface area contributed by atoms with Crippen molar-refractivity contribution in [3.63, 3.8) is 0 Å². The number of piperidine rings is 1. The molecule has 0 aliphatic carbocycles. The number of aliphatic hydroxyl groups excluding tert-OH is 1. The van der Waals surface area contributed by atoms with E-state index in [9.17, 15) is 5.11 Å². The molecule has 1 atom stereocenters. The van der Waals surface area contributed by atoms with Gasteiger partial charge >= 0.3 is 0 Å². The molecule has 0 spiro atoms. The second kappa shape index (κ2) is 5.66. The maximum absolute atomic E-state index is 9.88. The van der Waals surface area contributed by atoms with Gasteiger partial charge in [0.25, 0.3) is 0 Å². The molecule has 23 heavy (non-hydrogen) atoms. The Kier molecular flexibility index (Phi) is 3.50. The van der Waals surface area contributed by atoms with Gasteiger partial charge in [-0.05, 0) is 31.0 Å². The van der Waals surface area contributed by atoms with Crippen LogP contribution in [0.25, 0.3) is 22.4 Å². The summed E-state index contributed by atoms with van der Waals surface area (Å²) < 4.78 is 2.12. The van der Waals surface area contributed by atoms with Crippen LogP contribution >= 0.6 is 0 Å². The lowest BCUT2D eigenvalue weighted by Crippen LogP contribution is -2.38. The average molecular weight is 308 g/mol. The number of hydrogen-bond donors (Lipinski definition) is 1. The molecule has 1 aliphatic heterocycles. The van der Waals surface area contributed by atoms with E-state index in [2.05, 4.69) is 32.7 Å². The van der Waals surface area contributed by atoms with Gasteiger partial charge < -0.3 is 14.6 Å². The normalized spacial score (nSPS) is 18.5. The van der Waals surface area contributed by atoms with E-state index >= 15 is 0 Å². The second-order valence-corrected chi connectivity index (χ2v) is 6.13. The Morgan fingerprint density at radius 2 is 2.09 bits per heavy atom. The van der Waals surface area contributed by atoms with Crippen LogP contribution in [-0.4, -0.2) is 38.8 Å². The highest BCUT2D eigenvalue weighted by atomic mass is 16.3. The van der Waals surface area contributed by atoms with Crippen molar-refractivity contribution in [2.24, 2.45) is 7.05 Å². The number of β-amino-alcohol motifs (C(OH)–C–C–N with tert-alkyl or cyclic N) is 1. The number of hydrogen-bond acceptors (Lipinski definition) is 4. The van der Waals surface area contributed by atoms with Gasteiger partial charge in [0.15, 0.2) is 5.82 Å².